The number of nitrogens with one attached hydrogen (secondary N) is 2. The van der Waals surface area contributed by atoms with Crippen LogP contribution in [0.1, 0.15) is 37.7 Å². The van der Waals surface area contributed by atoms with Gasteiger partial charge in [-0.25, -0.2) is 4.79 Å². The summed E-state index contributed by atoms with van der Waals surface area (Å²) in [6.07, 6.45) is 1.36. The van der Waals surface area contributed by atoms with Crippen molar-refractivity contribution in [3.63, 3.8) is 0 Å². The Balaban J connectivity index is 1.92. The van der Waals surface area contributed by atoms with E-state index in [1.54, 1.807) is 24.3 Å². The molecule has 0 fully saturated rings. The highest BCUT2D eigenvalue weighted by atomic mass is 35.5. The molecule has 2 N–H and O–H groups in total. The number of hydrogen-bond acceptors (Lipinski definition) is 4. The van der Waals surface area contributed by atoms with Gasteiger partial charge in [0.25, 0.3) is 5.56 Å². The Morgan fingerprint density at radius 2 is 2.04 bits per heavy atom. The van der Waals surface area contributed by atoms with E-state index in [0.717, 1.165) is 17.4 Å². The molecule has 3 rings (SSSR count). The van der Waals surface area contributed by atoms with E-state index in [-0.39, 0.29) is 17.8 Å². The largest absolute Gasteiger partial charge is 0.332 e. The molecule has 2 amide bonds. The summed E-state index contributed by atoms with van der Waals surface area (Å²) in [6, 6.07) is 6.63. The summed E-state index contributed by atoms with van der Waals surface area (Å²) in [7, 11) is 1.37. The number of amides is 2. The van der Waals surface area contributed by atoms with Crippen LogP contribution in [-0.4, -0.2) is 20.9 Å². The second-order valence-corrected chi connectivity index (χ2v) is 7.16. The zero-order valence-corrected chi connectivity index (χ0v) is 16.4. The molecule has 0 aliphatic carbocycles. The van der Waals surface area contributed by atoms with Gasteiger partial charge >= 0.3 is 5.69 Å². The van der Waals surface area contributed by atoms with E-state index in [4.69, 9.17) is 11.6 Å². The molecule has 0 bridgehead atoms. The van der Waals surface area contributed by atoms with E-state index in [0.29, 0.717) is 17.3 Å². The van der Waals surface area contributed by atoms with Gasteiger partial charge in [0, 0.05) is 30.7 Å². The van der Waals surface area contributed by atoms with Crippen molar-refractivity contribution in [2.75, 3.05) is 10.6 Å². The quantitative estimate of drug-likeness (QED) is 0.769. The molecule has 1 aromatic carbocycles. The number of carbonyl (C=O) groups is 2. The minimum atomic E-state index is -0.957. The van der Waals surface area contributed by atoms with E-state index in [9.17, 15) is 19.2 Å². The molecule has 1 aliphatic rings. The molecule has 0 unspecified atom stereocenters. The van der Waals surface area contributed by atoms with Crippen molar-refractivity contribution >= 4 is 34.9 Å². The Morgan fingerprint density at radius 1 is 1.29 bits per heavy atom. The third kappa shape index (κ3) is 3.73. The van der Waals surface area contributed by atoms with Crippen LogP contribution in [0.2, 0.25) is 5.02 Å². The highest BCUT2D eigenvalue weighted by Gasteiger charge is 2.38. The predicted octanol–water partition coefficient (Wildman–Crippen LogP) is 2.06. The van der Waals surface area contributed by atoms with Gasteiger partial charge in [-0.1, -0.05) is 31.0 Å². The number of carbonyl (C=O) groups excluding carboxylic acids is 2. The maximum absolute atomic E-state index is 12.7. The lowest BCUT2D eigenvalue weighted by molar-refractivity contribution is -0.122. The second kappa shape index (κ2) is 8.02. The molecular formula is C19H21ClN4O4. The fourth-order valence-electron chi connectivity index (χ4n) is 3.26. The van der Waals surface area contributed by atoms with Gasteiger partial charge in [0.05, 0.1) is 11.5 Å². The highest BCUT2D eigenvalue weighted by Crippen LogP contribution is 2.31. The lowest BCUT2D eigenvalue weighted by Gasteiger charge is -2.13. The summed E-state index contributed by atoms with van der Waals surface area (Å²) in [5, 5.41) is 5.76. The molecule has 2 heterocycles. The van der Waals surface area contributed by atoms with Crippen LogP contribution in [0.5, 0.6) is 0 Å². The lowest BCUT2D eigenvalue weighted by Crippen LogP contribution is -2.40. The number of aromatic nitrogens is 2. The summed E-state index contributed by atoms with van der Waals surface area (Å²) in [6.45, 7) is 2.36. The number of fused-ring (bicyclic) bond motifs is 1. The molecule has 0 radical (unpaired) electrons. The Bertz CT molecular complexity index is 1060. The van der Waals surface area contributed by atoms with Gasteiger partial charge in [-0.3, -0.25) is 23.5 Å². The fraction of sp³-hybridized carbons (Fsp3) is 0.368. The summed E-state index contributed by atoms with van der Waals surface area (Å²) < 4.78 is 2.38. The minimum Gasteiger partial charge on any atom is -0.326 e. The van der Waals surface area contributed by atoms with E-state index in [2.05, 4.69) is 10.6 Å². The summed E-state index contributed by atoms with van der Waals surface area (Å²) in [5.41, 5.74) is -0.394. The van der Waals surface area contributed by atoms with Crippen molar-refractivity contribution in [1.29, 1.82) is 0 Å². The highest BCUT2D eigenvalue weighted by molar-refractivity contribution is 6.30. The summed E-state index contributed by atoms with van der Waals surface area (Å²) >= 11 is 5.91. The van der Waals surface area contributed by atoms with Gasteiger partial charge in [0.2, 0.25) is 11.8 Å². The molecule has 1 atom stereocenters. The fourth-order valence-corrected chi connectivity index (χ4v) is 3.45. The third-order valence-electron chi connectivity index (χ3n) is 4.72. The van der Waals surface area contributed by atoms with Crippen molar-refractivity contribution in [3.8, 4) is 0 Å². The number of benzene rings is 1. The standard InChI is InChI=1S/C19H21ClN4O4/c1-3-4-8-24-16-15(18(27)23(2)19(24)28)13(17(26)22-16)10-14(25)21-12-7-5-6-11(20)9-12/h5-7,9,13H,3-4,8,10H2,1-2H3,(H,21,25)(H,22,26)/t13-/m0/s1. The molecule has 0 saturated carbocycles. The normalized spacial score (nSPS) is 15.2. The van der Waals surface area contributed by atoms with Gasteiger partial charge < -0.3 is 10.6 Å². The zero-order valence-electron chi connectivity index (χ0n) is 15.6. The topological polar surface area (TPSA) is 102 Å². The first-order valence-electron chi connectivity index (χ1n) is 9.03. The van der Waals surface area contributed by atoms with Crippen molar-refractivity contribution in [1.82, 2.24) is 9.13 Å². The number of rotatable bonds is 6. The van der Waals surface area contributed by atoms with Crippen LogP contribution in [0.3, 0.4) is 0 Å². The maximum Gasteiger partial charge on any atom is 0.332 e. The average molecular weight is 405 g/mol. The van der Waals surface area contributed by atoms with E-state index < -0.39 is 29.0 Å². The van der Waals surface area contributed by atoms with Gasteiger partial charge in [0.15, 0.2) is 0 Å². The first-order chi connectivity index (χ1) is 13.3. The van der Waals surface area contributed by atoms with E-state index >= 15 is 0 Å². The first-order valence-corrected chi connectivity index (χ1v) is 9.41. The third-order valence-corrected chi connectivity index (χ3v) is 4.95. The molecule has 0 saturated heterocycles. The predicted molar refractivity (Wildman–Crippen MR) is 107 cm³/mol. The zero-order chi connectivity index (χ0) is 20.4. The summed E-state index contributed by atoms with van der Waals surface area (Å²) in [5.74, 6) is -1.65. The number of halogens is 1. The number of nitrogens with zero attached hydrogens (tertiary/aromatic N) is 2. The lowest BCUT2D eigenvalue weighted by atomic mass is 9.99. The van der Waals surface area contributed by atoms with Gasteiger partial charge in [-0.05, 0) is 24.6 Å². The minimum absolute atomic E-state index is 0.157. The van der Waals surface area contributed by atoms with E-state index in [1.807, 2.05) is 6.92 Å². The molecular weight excluding hydrogens is 384 g/mol. The van der Waals surface area contributed by atoms with Crippen LogP contribution in [0.4, 0.5) is 11.5 Å². The molecule has 1 aromatic heterocycles. The van der Waals surface area contributed by atoms with Crippen LogP contribution in [-0.2, 0) is 23.2 Å². The Hall–Kier alpha value is -2.87. The monoisotopic (exact) mass is 404 g/mol. The van der Waals surface area contributed by atoms with Crippen molar-refractivity contribution < 1.29 is 9.59 Å². The molecule has 0 spiro atoms. The van der Waals surface area contributed by atoms with Gasteiger partial charge in [-0.2, -0.15) is 0 Å². The first kappa shape index (κ1) is 19.9. The Kier molecular flexibility index (Phi) is 5.69. The second-order valence-electron chi connectivity index (χ2n) is 6.72. The summed E-state index contributed by atoms with van der Waals surface area (Å²) in [4.78, 5) is 50.0. The van der Waals surface area contributed by atoms with E-state index in [1.165, 1.54) is 11.6 Å². The van der Waals surface area contributed by atoms with Gasteiger partial charge in [-0.15, -0.1) is 0 Å². The smallest absolute Gasteiger partial charge is 0.326 e. The maximum atomic E-state index is 12.7. The number of anilines is 2. The number of unbranched alkanes of at least 4 members (excludes halogenated alkanes) is 1. The molecule has 28 heavy (non-hydrogen) atoms. The van der Waals surface area contributed by atoms with Crippen LogP contribution < -0.4 is 21.9 Å². The molecule has 1 aliphatic heterocycles. The van der Waals surface area contributed by atoms with Crippen molar-refractivity contribution in [2.45, 2.75) is 38.6 Å². The van der Waals surface area contributed by atoms with Crippen LogP contribution in [0.25, 0.3) is 0 Å². The molecule has 9 heteroatoms. The Labute approximate surface area is 166 Å². The SMILES string of the molecule is CCCCn1c2c(c(=O)n(C)c1=O)[C@H](CC(=O)Nc1cccc(Cl)c1)C(=O)N2. The van der Waals surface area contributed by atoms with Crippen LogP contribution >= 0.6 is 11.6 Å². The average Bonchev–Trinajstić information content (AvgIpc) is 2.96. The molecule has 8 nitrogen and oxygen atoms in total. The van der Waals surface area contributed by atoms with Crippen molar-refractivity contribution in [3.05, 3.63) is 55.7 Å². The number of hydrogen-bond donors (Lipinski definition) is 2. The Morgan fingerprint density at radius 3 is 2.71 bits per heavy atom. The molecule has 2 aromatic rings. The van der Waals surface area contributed by atoms with Crippen LogP contribution in [0, 0.1) is 0 Å². The van der Waals surface area contributed by atoms with Gasteiger partial charge in [0.1, 0.15) is 5.82 Å². The van der Waals surface area contributed by atoms with Crippen molar-refractivity contribution in [2.24, 2.45) is 7.05 Å². The molecule has 148 valence electrons. The van der Waals surface area contributed by atoms with Crippen LogP contribution in [0.15, 0.2) is 33.9 Å².